The van der Waals surface area contributed by atoms with Gasteiger partial charge in [0.1, 0.15) is 12.4 Å². The zero-order chi connectivity index (χ0) is 18.3. The van der Waals surface area contributed by atoms with Gasteiger partial charge in [0.2, 0.25) is 0 Å². The van der Waals surface area contributed by atoms with E-state index in [1.807, 2.05) is 19.1 Å². The number of carbonyl (C=O) groups is 1. The topological polar surface area (TPSA) is 47.6 Å². The molecule has 1 rings (SSSR count). The summed E-state index contributed by atoms with van der Waals surface area (Å²) in [4.78, 5) is 11.9. The first kappa shape index (κ1) is 20.3. The molecule has 1 aromatic rings. The number of ether oxygens (including phenoxy) is 2. The zero-order valence-corrected chi connectivity index (χ0v) is 14.4. The van der Waals surface area contributed by atoms with Crippen molar-refractivity contribution in [2.45, 2.75) is 45.9 Å². The van der Waals surface area contributed by atoms with Crippen LogP contribution in [0.4, 0.5) is 13.2 Å². The van der Waals surface area contributed by atoms with Gasteiger partial charge in [-0.25, -0.2) is 0 Å². The predicted octanol–water partition coefficient (Wildman–Crippen LogP) is 3.58. The van der Waals surface area contributed by atoms with Crippen LogP contribution in [0, 0.1) is 6.92 Å². The van der Waals surface area contributed by atoms with E-state index in [2.05, 4.69) is 23.9 Å². The third kappa shape index (κ3) is 7.21. The van der Waals surface area contributed by atoms with E-state index in [0.29, 0.717) is 11.7 Å². The minimum Gasteiger partial charge on any atom is -0.481 e. The molecule has 1 aromatic carbocycles. The van der Waals surface area contributed by atoms with E-state index in [1.54, 1.807) is 13.0 Å². The highest BCUT2D eigenvalue weighted by atomic mass is 19.4. The van der Waals surface area contributed by atoms with Crippen molar-refractivity contribution >= 4 is 5.91 Å². The van der Waals surface area contributed by atoms with Crippen LogP contribution in [0.15, 0.2) is 18.2 Å². The standard InChI is InChI=1S/C17H24F3NO3/c1-11(2)15-6-5-14(9-12(15)3)24-13(4)16(22)21-7-8-23-10-17(18,19)20/h5-6,9,11,13H,7-8,10H2,1-4H3,(H,21,22). The van der Waals surface area contributed by atoms with Crippen LogP contribution in [0.2, 0.25) is 0 Å². The lowest BCUT2D eigenvalue weighted by Gasteiger charge is -2.17. The van der Waals surface area contributed by atoms with Crippen molar-refractivity contribution in [3.63, 3.8) is 0 Å². The fourth-order valence-electron chi connectivity index (χ4n) is 2.20. The molecule has 1 atom stereocenters. The van der Waals surface area contributed by atoms with Crippen LogP contribution >= 0.6 is 0 Å². The Balaban J connectivity index is 2.40. The Morgan fingerprint density at radius 2 is 1.92 bits per heavy atom. The fourth-order valence-corrected chi connectivity index (χ4v) is 2.20. The Kier molecular flexibility index (Phi) is 7.54. The second-order valence-electron chi connectivity index (χ2n) is 5.89. The summed E-state index contributed by atoms with van der Waals surface area (Å²) < 4.78 is 45.7. The summed E-state index contributed by atoms with van der Waals surface area (Å²) >= 11 is 0. The third-order valence-electron chi connectivity index (χ3n) is 3.36. The van der Waals surface area contributed by atoms with E-state index in [4.69, 9.17) is 4.74 Å². The molecular weight excluding hydrogens is 323 g/mol. The van der Waals surface area contributed by atoms with Crippen LogP contribution in [0.5, 0.6) is 5.75 Å². The average Bonchev–Trinajstić information content (AvgIpc) is 2.45. The van der Waals surface area contributed by atoms with Crippen molar-refractivity contribution in [1.82, 2.24) is 5.32 Å². The second kappa shape index (κ2) is 8.92. The normalized spacial score (nSPS) is 13.0. The Morgan fingerprint density at radius 3 is 2.46 bits per heavy atom. The molecule has 7 heteroatoms. The van der Waals surface area contributed by atoms with Crippen molar-refractivity contribution in [1.29, 1.82) is 0 Å². The van der Waals surface area contributed by atoms with E-state index in [0.717, 1.165) is 5.56 Å². The molecule has 1 amide bonds. The van der Waals surface area contributed by atoms with Gasteiger partial charge in [-0.05, 0) is 43.0 Å². The summed E-state index contributed by atoms with van der Waals surface area (Å²) in [6, 6.07) is 5.63. The third-order valence-corrected chi connectivity index (χ3v) is 3.36. The molecule has 0 aliphatic carbocycles. The molecule has 0 spiro atoms. The van der Waals surface area contributed by atoms with Gasteiger partial charge in [-0.3, -0.25) is 4.79 Å². The highest BCUT2D eigenvalue weighted by Gasteiger charge is 2.27. The van der Waals surface area contributed by atoms with Crippen molar-refractivity contribution in [3.8, 4) is 5.75 Å². The first-order chi connectivity index (χ1) is 11.1. The largest absolute Gasteiger partial charge is 0.481 e. The number of aryl methyl sites for hydroxylation is 1. The predicted molar refractivity (Wildman–Crippen MR) is 85.2 cm³/mol. The molecule has 0 saturated heterocycles. The number of alkyl halides is 3. The van der Waals surface area contributed by atoms with Gasteiger partial charge in [-0.15, -0.1) is 0 Å². The van der Waals surface area contributed by atoms with Gasteiger partial charge >= 0.3 is 6.18 Å². The first-order valence-electron chi connectivity index (χ1n) is 7.79. The lowest BCUT2D eigenvalue weighted by atomic mass is 9.98. The molecule has 0 fully saturated rings. The Morgan fingerprint density at radius 1 is 1.25 bits per heavy atom. The maximum atomic E-state index is 11.9. The molecule has 0 bridgehead atoms. The number of hydrogen-bond donors (Lipinski definition) is 1. The maximum absolute atomic E-state index is 11.9. The van der Waals surface area contributed by atoms with Crippen LogP contribution in [-0.4, -0.2) is 37.9 Å². The number of nitrogens with one attached hydrogen (secondary N) is 1. The number of carbonyl (C=O) groups excluding carboxylic acids is 1. The van der Waals surface area contributed by atoms with Gasteiger partial charge in [0.15, 0.2) is 6.10 Å². The van der Waals surface area contributed by atoms with Gasteiger partial charge in [-0.2, -0.15) is 13.2 Å². The smallest absolute Gasteiger partial charge is 0.411 e. The Bertz CT molecular complexity index is 544. The van der Waals surface area contributed by atoms with Crippen molar-refractivity contribution in [3.05, 3.63) is 29.3 Å². The molecule has 24 heavy (non-hydrogen) atoms. The van der Waals surface area contributed by atoms with Crippen molar-refractivity contribution in [2.24, 2.45) is 0 Å². The maximum Gasteiger partial charge on any atom is 0.411 e. The van der Waals surface area contributed by atoms with Gasteiger partial charge in [0, 0.05) is 6.54 Å². The van der Waals surface area contributed by atoms with E-state index in [9.17, 15) is 18.0 Å². The molecule has 4 nitrogen and oxygen atoms in total. The fraction of sp³-hybridized carbons (Fsp3) is 0.588. The van der Waals surface area contributed by atoms with Gasteiger partial charge in [0.25, 0.3) is 5.91 Å². The Labute approximate surface area is 140 Å². The Hall–Kier alpha value is -1.76. The second-order valence-corrected chi connectivity index (χ2v) is 5.89. The molecule has 0 aromatic heterocycles. The van der Waals surface area contributed by atoms with Crippen LogP contribution in [-0.2, 0) is 9.53 Å². The monoisotopic (exact) mass is 347 g/mol. The molecule has 0 saturated carbocycles. The summed E-state index contributed by atoms with van der Waals surface area (Å²) in [5, 5.41) is 2.48. The number of hydrogen-bond acceptors (Lipinski definition) is 3. The summed E-state index contributed by atoms with van der Waals surface area (Å²) in [6.45, 7) is 6.21. The van der Waals surface area contributed by atoms with Crippen LogP contribution < -0.4 is 10.1 Å². The first-order valence-corrected chi connectivity index (χ1v) is 7.79. The summed E-state index contributed by atoms with van der Waals surface area (Å²) in [6.07, 6.45) is -5.11. The SMILES string of the molecule is Cc1cc(OC(C)C(=O)NCCOCC(F)(F)F)ccc1C(C)C. The van der Waals surface area contributed by atoms with Crippen LogP contribution in [0.3, 0.4) is 0 Å². The average molecular weight is 347 g/mol. The van der Waals surface area contributed by atoms with E-state index >= 15 is 0 Å². The molecule has 0 aliphatic rings. The number of halogens is 3. The molecular formula is C17H24F3NO3. The lowest BCUT2D eigenvalue weighted by Crippen LogP contribution is -2.38. The minimum atomic E-state index is -4.36. The number of rotatable bonds is 8. The zero-order valence-electron chi connectivity index (χ0n) is 14.4. The van der Waals surface area contributed by atoms with Crippen molar-refractivity contribution < 1.29 is 27.4 Å². The van der Waals surface area contributed by atoms with Crippen LogP contribution in [0.1, 0.15) is 37.8 Å². The lowest BCUT2D eigenvalue weighted by molar-refractivity contribution is -0.173. The minimum absolute atomic E-state index is 0.00602. The molecule has 1 N–H and O–H groups in total. The van der Waals surface area contributed by atoms with Gasteiger partial charge < -0.3 is 14.8 Å². The van der Waals surface area contributed by atoms with Crippen molar-refractivity contribution in [2.75, 3.05) is 19.8 Å². The van der Waals surface area contributed by atoms with E-state index in [1.165, 1.54) is 5.56 Å². The van der Waals surface area contributed by atoms with E-state index in [-0.39, 0.29) is 13.2 Å². The summed E-state index contributed by atoms with van der Waals surface area (Å²) in [5.41, 5.74) is 2.29. The highest BCUT2D eigenvalue weighted by Crippen LogP contribution is 2.24. The molecule has 136 valence electrons. The van der Waals surface area contributed by atoms with Gasteiger partial charge in [-0.1, -0.05) is 19.9 Å². The van der Waals surface area contributed by atoms with E-state index < -0.39 is 24.8 Å². The highest BCUT2D eigenvalue weighted by molar-refractivity contribution is 5.80. The molecule has 0 radical (unpaired) electrons. The molecule has 1 unspecified atom stereocenters. The van der Waals surface area contributed by atoms with Crippen LogP contribution in [0.25, 0.3) is 0 Å². The molecule has 0 heterocycles. The summed E-state index contributed by atoms with van der Waals surface area (Å²) in [7, 11) is 0. The summed E-state index contributed by atoms with van der Waals surface area (Å²) in [5.74, 6) is 0.570. The molecule has 0 aliphatic heterocycles. The van der Waals surface area contributed by atoms with Gasteiger partial charge in [0.05, 0.1) is 6.61 Å². The quantitative estimate of drug-likeness (QED) is 0.731. The number of benzene rings is 1. The number of amides is 1.